The van der Waals surface area contributed by atoms with Crippen molar-refractivity contribution < 1.29 is 32.4 Å². The van der Waals surface area contributed by atoms with Crippen LogP contribution < -0.4 is 5.32 Å². The topological polar surface area (TPSA) is 98.5 Å². The molecule has 0 saturated carbocycles. The zero-order chi connectivity index (χ0) is 21.3. The molecule has 1 atom stereocenters. The largest absolute Gasteiger partial charge is 0.448 e. The first kappa shape index (κ1) is 20.3. The predicted octanol–water partition coefficient (Wildman–Crippen LogP) is 4.41. The molecule has 1 aromatic heterocycles. The highest BCUT2D eigenvalue weighted by Gasteiger charge is 2.23. The van der Waals surface area contributed by atoms with Gasteiger partial charge in [-0.15, -0.1) is 11.3 Å². The van der Waals surface area contributed by atoms with Crippen LogP contribution in [0.2, 0.25) is 0 Å². The Morgan fingerprint density at radius 3 is 2.55 bits per heavy atom. The second kappa shape index (κ2) is 7.87. The van der Waals surface area contributed by atoms with E-state index >= 15 is 0 Å². The van der Waals surface area contributed by atoms with E-state index in [0.29, 0.717) is 16.2 Å². The summed E-state index contributed by atoms with van der Waals surface area (Å²) in [6, 6.07) is 6.93. The molecule has 1 heterocycles. The van der Waals surface area contributed by atoms with E-state index in [-0.39, 0.29) is 10.6 Å². The second-order valence-electron chi connectivity index (χ2n) is 5.85. The number of carbonyl (C=O) groups excluding carboxylic acids is 2. The van der Waals surface area contributed by atoms with E-state index in [1.165, 1.54) is 31.2 Å². The molecule has 1 N–H and O–H groups in total. The first-order valence-corrected chi connectivity index (χ1v) is 8.82. The van der Waals surface area contributed by atoms with Crippen molar-refractivity contribution in [2.45, 2.75) is 13.0 Å². The summed E-state index contributed by atoms with van der Waals surface area (Å²) >= 11 is 1.01. The van der Waals surface area contributed by atoms with Crippen LogP contribution in [0, 0.1) is 27.6 Å². The van der Waals surface area contributed by atoms with Crippen molar-refractivity contribution >= 4 is 44.7 Å². The molecule has 3 aromatic rings. The van der Waals surface area contributed by atoms with Crippen LogP contribution in [0.25, 0.3) is 10.1 Å². The van der Waals surface area contributed by atoms with Gasteiger partial charge in [0.1, 0.15) is 4.88 Å². The molecule has 3 rings (SSSR count). The van der Waals surface area contributed by atoms with E-state index < -0.39 is 46.0 Å². The molecule has 29 heavy (non-hydrogen) atoms. The van der Waals surface area contributed by atoms with Crippen LogP contribution >= 0.6 is 11.3 Å². The number of non-ortho nitro benzene ring substituents is 1. The number of hydrogen-bond donors (Lipinski definition) is 1. The van der Waals surface area contributed by atoms with Crippen LogP contribution in [-0.2, 0) is 9.53 Å². The number of nitrogens with zero attached hydrogens (tertiary/aromatic N) is 1. The molecule has 7 nitrogen and oxygen atoms in total. The van der Waals surface area contributed by atoms with Gasteiger partial charge < -0.3 is 10.1 Å². The number of ether oxygens (including phenoxy) is 1. The van der Waals surface area contributed by atoms with E-state index in [0.717, 1.165) is 17.4 Å². The normalized spacial score (nSPS) is 11.9. The van der Waals surface area contributed by atoms with Crippen molar-refractivity contribution in [1.82, 2.24) is 0 Å². The summed E-state index contributed by atoms with van der Waals surface area (Å²) < 4.78 is 45.4. The van der Waals surface area contributed by atoms with Gasteiger partial charge in [-0.2, -0.15) is 0 Å². The molecule has 0 spiro atoms. The molecule has 1 amide bonds. The quantitative estimate of drug-likeness (QED) is 0.283. The molecule has 0 aliphatic heterocycles. The maximum Gasteiger partial charge on any atom is 0.349 e. The third-order valence-corrected chi connectivity index (χ3v) is 4.95. The molecule has 150 valence electrons. The van der Waals surface area contributed by atoms with E-state index in [2.05, 4.69) is 0 Å². The average molecular weight is 424 g/mol. The Labute approximate surface area is 164 Å². The zero-order valence-corrected chi connectivity index (χ0v) is 15.4. The second-order valence-corrected chi connectivity index (χ2v) is 6.93. The Morgan fingerprint density at radius 1 is 1.14 bits per heavy atom. The van der Waals surface area contributed by atoms with Gasteiger partial charge >= 0.3 is 5.97 Å². The third kappa shape index (κ3) is 4.19. The van der Waals surface area contributed by atoms with Crippen molar-refractivity contribution in [2.24, 2.45) is 0 Å². The number of esters is 1. The van der Waals surface area contributed by atoms with Crippen molar-refractivity contribution in [3.63, 3.8) is 0 Å². The van der Waals surface area contributed by atoms with Gasteiger partial charge in [-0.3, -0.25) is 14.9 Å². The number of nitro benzene ring substituents is 1. The van der Waals surface area contributed by atoms with Crippen LogP contribution in [0.4, 0.5) is 24.5 Å². The highest BCUT2D eigenvalue weighted by atomic mass is 32.1. The van der Waals surface area contributed by atoms with Gasteiger partial charge in [0.15, 0.2) is 23.6 Å². The molecule has 0 aliphatic rings. The van der Waals surface area contributed by atoms with Gasteiger partial charge in [0.25, 0.3) is 11.6 Å². The lowest BCUT2D eigenvalue weighted by molar-refractivity contribution is -0.384. The number of anilines is 1. The van der Waals surface area contributed by atoms with Crippen molar-refractivity contribution in [2.75, 3.05) is 5.32 Å². The lowest BCUT2D eigenvalue weighted by Gasteiger charge is -2.13. The molecule has 0 fully saturated rings. The number of halogens is 3. The molecule has 0 saturated heterocycles. The molecule has 0 bridgehead atoms. The van der Waals surface area contributed by atoms with Crippen LogP contribution in [0.3, 0.4) is 0 Å². The summed E-state index contributed by atoms with van der Waals surface area (Å²) in [6.07, 6.45) is -1.38. The van der Waals surface area contributed by atoms with E-state index in [1.807, 2.05) is 5.32 Å². The van der Waals surface area contributed by atoms with Gasteiger partial charge in [0, 0.05) is 22.2 Å². The number of benzene rings is 2. The van der Waals surface area contributed by atoms with Crippen LogP contribution in [0.5, 0.6) is 0 Å². The minimum Gasteiger partial charge on any atom is -0.448 e. The molecule has 2 aromatic carbocycles. The lowest BCUT2D eigenvalue weighted by atomic mass is 10.2. The summed E-state index contributed by atoms with van der Waals surface area (Å²) in [4.78, 5) is 34.7. The molecule has 1 unspecified atom stereocenters. The number of thiophene rings is 1. The van der Waals surface area contributed by atoms with Crippen molar-refractivity contribution in [1.29, 1.82) is 0 Å². The smallest absolute Gasteiger partial charge is 0.349 e. The summed E-state index contributed by atoms with van der Waals surface area (Å²) in [5, 5.41) is 13.3. The van der Waals surface area contributed by atoms with E-state index in [1.54, 1.807) is 0 Å². The molecular weight excluding hydrogens is 413 g/mol. The Hall–Kier alpha value is -3.47. The maximum absolute atomic E-state index is 13.6. The Bertz CT molecular complexity index is 1150. The average Bonchev–Trinajstić information content (AvgIpc) is 3.11. The number of amides is 1. The first-order valence-electron chi connectivity index (χ1n) is 8.00. The highest BCUT2D eigenvalue weighted by Crippen LogP contribution is 2.29. The van der Waals surface area contributed by atoms with Crippen molar-refractivity contribution in [3.05, 3.63) is 68.8 Å². The SMILES string of the molecule is CC(OC(=O)c1cc2cc([N+](=O)[O-])ccc2s1)C(=O)Nc1ccc(F)c(F)c1F. The number of carbonyl (C=O) groups is 2. The number of rotatable bonds is 5. The van der Waals surface area contributed by atoms with Gasteiger partial charge in [0.2, 0.25) is 0 Å². The van der Waals surface area contributed by atoms with Crippen LogP contribution in [-0.4, -0.2) is 22.9 Å². The number of hydrogen-bond acceptors (Lipinski definition) is 6. The first-order chi connectivity index (χ1) is 13.7. The summed E-state index contributed by atoms with van der Waals surface area (Å²) in [6.45, 7) is 1.21. The Balaban J connectivity index is 1.71. The molecular formula is C18H11F3N2O5S. The number of nitrogens with one attached hydrogen (secondary N) is 1. The molecule has 0 radical (unpaired) electrons. The van der Waals surface area contributed by atoms with Gasteiger partial charge in [-0.25, -0.2) is 18.0 Å². The standard InChI is InChI=1S/C18H11F3N2O5S/c1-8(17(24)22-12-4-3-11(19)15(20)16(12)21)28-18(25)14-7-9-6-10(23(26)27)2-5-13(9)29-14/h2-8H,1H3,(H,22,24). The fraction of sp³-hybridized carbons (Fsp3) is 0.111. The van der Waals surface area contributed by atoms with Gasteiger partial charge in [-0.05, 0) is 31.2 Å². The minimum atomic E-state index is -1.74. The summed E-state index contributed by atoms with van der Waals surface area (Å²) in [5.41, 5.74) is -0.748. The Kier molecular flexibility index (Phi) is 5.50. The van der Waals surface area contributed by atoms with Crippen molar-refractivity contribution in [3.8, 4) is 0 Å². The van der Waals surface area contributed by atoms with E-state index in [9.17, 15) is 32.9 Å². The van der Waals surface area contributed by atoms with Crippen LogP contribution in [0.15, 0.2) is 36.4 Å². The fourth-order valence-corrected chi connectivity index (χ4v) is 3.30. The lowest BCUT2D eigenvalue weighted by Crippen LogP contribution is -2.30. The monoisotopic (exact) mass is 424 g/mol. The summed E-state index contributed by atoms with van der Waals surface area (Å²) in [5.74, 6) is -6.57. The fourth-order valence-electron chi connectivity index (χ4n) is 2.37. The summed E-state index contributed by atoms with van der Waals surface area (Å²) in [7, 11) is 0. The minimum absolute atomic E-state index is 0.0964. The third-order valence-electron chi connectivity index (χ3n) is 3.86. The van der Waals surface area contributed by atoms with Crippen LogP contribution in [0.1, 0.15) is 16.6 Å². The Morgan fingerprint density at radius 2 is 1.86 bits per heavy atom. The number of fused-ring (bicyclic) bond motifs is 1. The van der Waals surface area contributed by atoms with E-state index in [4.69, 9.17) is 4.74 Å². The van der Waals surface area contributed by atoms with Gasteiger partial charge in [0.05, 0.1) is 10.6 Å². The number of nitro groups is 1. The van der Waals surface area contributed by atoms with Gasteiger partial charge in [-0.1, -0.05) is 0 Å². The highest BCUT2D eigenvalue weighted by molar-refractivity contribution is 7.20. The molecule has 0 aliphatic carbocycles. The zero-order valence-electron chi connectivity index (χ0n) is 14.6. The molecule has 11 heteroatoms. The maximum atomic E-state index is 13.6. The predicted molar refractivity (Wildman–Crippen MR) is 98.3 cm³/mol.